The molecule has 182 valence electrons. The molecule has 0 unspecified atom stereocenters. The SMILES string of the molecule is CC[C@H](C(=O)N[C@@H](C)c1cc(C(C)C)c(OC)cc1C)N(c1ccc(OC)cc1)S(C)(=O)=O. The van der Waals surface area contributed by atoms with E-state index in [1.54, 1.807) is 45.4 Å². The predicted octanol–water partition coefficient (Wildman–Crippen LogP) is 4.56. The van der Waals surface area contributed by atoms with E-state index in [9.17, 15) is 13.2 Å². The number of hydrogen-bond acceptors (Lipinski definition) is 5. The third kappa shape index (κ3) is 6.19. The first kappa shape index (κ1) is 26.5. The van der Waals surface area contributed by atoms with E-state index in [4.69, 9.17) is 9.47 Å². The minimum Gasteiger partial charge on any atom is -0.497 e. The molecule has 0 aliphatic rings. The summed E-state index contributed by atoms with van der Waals surface area (Å²) in [6.45, 7) is 9.86. The van der Waals surface area contributed by atoms with Gasteiger partial charge in [-0.25, -0.2) is 8.42 Å². The van der Waals surface area contributed by atoms with Crippen LogP contribution in [0.4, 0.5) is 5.69 Å². The van der Waals surface area contributed by atoms with Crippen molar-refractivity contribution in [3.05, 3.63) is 53.1 Å². The molecular weight excluding hydrogens is 440 g/mol. The average Bonchev–Trinajstić information content (AvgIpc) is 2.75. The lowest BCUT2D eigenvalue weighted by Gasteiger charge is -2.31. The van der Waals surface area contributed by atoms with Gasteiger partial charge in [-0.1, -0.05) is 20.8 Å². The van der Waals surface area contributed by atoms with Crippen LogP contribution in [0.5, 0.6) is 11.5 Å². The highest BCUT2D eigenvalue weighted by atomic mass is 32.2. The fourth-order valence-electron chi connectivity index (χ4n) is 3.99. The van der Waals surface area contributed by atoms with Gasteiger partial charge in [0.2, 0.25) is 15.9 Å². The summed E-state index contributed by atoms with van der Waals surface area (Å²) in [5.41, 5.74) is 3.43. The lowest BCUT2D eigenvalue weighted by Crippen LogP contribution is -2.49. The molecule has 0 radical (unpaired) electrons. The Labute approximate surface area is 198 Å². The molecule has 7 nitrogen and oxygen atoms in total. The Bertz CT molecular complexity index is 1060. The maximum absolute atomic E-state index is 13.3. The van der Waals surface area contributed by atoms with E-state index in [1.165, 1.54) is 4.31 Å². The normalized spacial score (nSPS) is 13.4. The van der Waals surface area contributed by atoms with Crippen molar-refractivity contribution in [2.45, 2.75) is 59.0 Å². The number of benzene rings is 2. The Kier molecular flexibility index (Phi) is 8.77. The van der Waals surface area contributed by atoms with Crippen LogP contribution in [0.1, 0.15) is 62.8 Å². The molecule has 1 amide bonds. The van der Waals surface area contributed by atoms with Gasteiger partial charge >= 0.3 is 0 Å². The van der Waals surface area contributed by atoms with Crippen LogP contribution in [-0.4, -0.2) is 40.8 Å². The lowest BCUT2D eigenvalue weighted by molar-refractivity contribution is -0.122. The van der Waals surface area contributed by atoms with Crippen molar-refractivity contribution in [1.82, 2.24) is 5.32 Å². The Morgan fingerprint density at radius 3 is 2.09 bits per heavy atom. The molecule has 0 aromatic heterocycles. The van der Waals surface area contributed by atoms with E-state index in [0.717, 1.165) is 28.7 Å². The third-order valence-corrected chi connectivity index (χ3v) is 6.90. The summed E-state index contributed by atoms with van der Waals surface area (Å²) < 4.78 is 37.3. The summed E-state index contributed by atoms with van der Waals surface area (Å²) in [4.78, 5) is 13.3. The molecule has 8 heteroatoms. The fraction of sp³-hybridized carbons (Fsp3) is 0.480. The Hall–Kier alpha value is -2.74. The van der Waals surface area contributed by atoms with Crippen molar-refractivity contribution < 1.29 is 22.7 Å². The summed E-state index contributed by atoms with van der Waals surface area (Å²) in [5, 5.41) is 3.03. The van der Waals surface area contributed by atoms with Crippen molar-refractivity contribution in [3.63, 3.8) is 0 Å². The van der Waals surface area contributed by atoms with Crippen molar-refractivity contribution in [1.29, 1.82) is 0 Å². The molecule has 0 saturated carbocycles. The number of nitrogens with zero attached hydrogens (tertiary/aromatic N) is 1. The maximum atomic E-state index is 13.3. The third-order valence-electron chi connectivity index (χ3n) is 5.72. The minimum atomic E-state index is -3.71. The molecule has 2 aromatic rings. The van der Waals surface area contributed by atoms with Crippen molar-refractivity contribution in [3.8, 4) is 11.5 Å². The van der Waals surface area contributed by atoms with Crippen LogP contribution in [0.15, 0.2) is 36.4 Å². The zero-order valence-corrected chi connectivity index (χ0v) is 21.6. The van der Waals surface area contributed by atoms with E-state index >= 15 is 0 Å². The van der Waals surface area contributed by atoms with Crippen LogP contribution >= 0.6 is 0 Å². The van der Waals surface area contributed by atoms with Gasteiger partial charge in [0.05, 0.1) is 32.2 Å². The van der Waals surface area contributed by atoms with Crippen LogP contribution < -0.4 is 19.1 Å². The second-order valence-electron chi connectivity index (χ2n) is 8.52. The topological polar surface area (TPSA) is 84.9 Å². The van der Waals surface area contributed by atoms with Gasteiger partial charge in [-0.3, -0.25) is 9.10 Å². The second kappa shape index (κ2) is 10.9. The lowest BCUT2D eigenvalue weighted by atomic mass is 9.93. The van der Waals surface area contributed by atoms with Gasteiger partial charge in [0.15, 0.2) is 0 Å². The van der Waals surface area contributed by atoms with Crippen LogP contribution in [0.2, 0.25) is 0 Å². The molecule has 0 fully saturated rings. The van der Waals surface area contributed by atoms with Gasteiger partial charge in [0, 0.05) is 0 Å². The first-order chi connectivity index (χ1) is 15.4. The van der Waals surface area contributed by atoms with Crippen LogP contribution in [0.3, 0.4) is 0 Å². The smallest absolute Gasteiger partial charge is 0.244 e. The molecule has 0 spiro atoms. The van der Waals surface area contributed by atoms with E-state index in [2.05, 4.69) is 25.2 Å². The molecule has 2 atom stereocenters. The highest BCUT2D eigenvalue weighted by Gasteiger charge is 2.32. The van der Waals surface area contributed by atoms with Crippen LogP contribution in [-0.2, 0) is 14.8 Å². The van der Waals surface area contributed by atoms with Crippen molar-refractivity contribution in [2.75, 3.05) is 24.8 Å². The minimum absolute atomic E-state index is 0.251. The Morgan fingerprint density at radius 1 is 1.03 bits per heavy atom. The number of anilines is 1. The van der Waals surface area contributed by atoms with Crippen LogP contribution in [0, 0.1) is 6.92 Å². The van der Waals surface area contributed by atoms with Gasteiger partial charge in [-0.2, -0.15) is 0 Å². The van der Waals surface area contributed by atoms with Crippen molar-refractivity contribution >= 4 is 21.6 Å². The number of sulfonamides is 1. The molecule has 1 N–H and O–H groups in total. The number of carbonyl (C=O) groups excluding carboxylic acids is 1. The Morgan fingerprint density at radius 2 is 1.64 bits per heavy atom. The molecule has 2 rings (SSSR count). The number of hydrogen-bond donors (Lipinski definition) is 1. The molecule has 0 bridgehead atoms. The van der Waals surface area contributed by atoms with Crippen molar-refractivity contribution in [2.24, 2.45) is 0 Å². The average molecular weight is 477 g/mol. The van der Waals surface area contributed by atoms with Crippen LogP contribution in [0.25, 0.3) is 0 Å². The predicted molar refractivity (Wildman–Crippen MR) is 133 cm³/mol. The molecule has 33 heavy (non-hydrogen) atoms. The summed E-state index contributed by atoms with van der Waals surface area (Å²) in [6, 6.07) is 9.46. The molecule has 0 heterocycles. The first-order valence-electron chi connectivity index (χ1n) is 11.1. The fourth-order valence-corrected chi connectivity index (χ4v) is 5.20. The number of rotatable bonds is 10. The summed E-state index contributed by atoms with van der Waals surface area (Å²) in [6.07, 6.45) is 1.43. The summed E-state index contributed by atoms with van der Waals surface area (Å²) in [7, 11) is -0.525. The monoisotopic (exact) mass is 476 g/mol. The molecule has 0 aliphatic heterocycles. The maximum Gasteiger partial charge on any atom is 0.244 e. The quantitative estimate of drug-likeness (QED) is 0.543. The molecular formula is C25H36N2O5S. The van der Waals surface area contributed by atoms with E-state index in [1.807, 2.05) is 19.9 Å². The number of methoxy groups -OCH3 is 2. The van der Waals surface area contributed by atoms with E-state index < -0.39 is 16.1 Å². The largest absolute Gasteiger partial charge is 0.497 e. The molecule has 0 saturated heterocycles. The molecule has 0 aliphatic carbocycles. The number of carbonyl (C=O) groups is 1. The number of aryl methyl sites for hydroxylation is 1. The van der Waals surface area contributed by atoms with Gasteiger partial charge < -0.3 is 14.8 Å². The van der Waals surface area contributed by atoms with Gasteiger partial charge in [-0.05, 0) is 79.3 Å². The highest BCUT2D eigenvalue weighted by Crippen LogP contribution is 2.32. The zero-order valence-electron chi connectivity index (χ0n) is 20.8. The summed E-state index contributed by atoms with van der Waals surface area (Å²) >= 11 is 0. The van der Waals surface area contributed by atoms with E-state index in [0.29, 0.717) is 17.9 Å². The van der Waals surface area contributed by atoms with Gasteiger partial charge in [0.25, 0.3) is 0 Å². The van der Waals surface area contributed by atoms with Gasteiger partial charge in [-0.15, -0.1) is 0 Å². The first-order valence-corrected chi connectivity index (χ1v) is 12.9. The van der Waals surface area contributed by atoms with Gasteiger partial charge in [0.1, 0.15) is 17.5 Å². The second-order valence-corrected chi connectivity index (χ2v) is 10.4. The van der Waals surface area contributed by atoms with E-state index in [-0.39, 0.29) is 17.9 Å². The highest BCUT2D eigenvalue weighted by molar-refractivity contribution is 7.92. The number of amides is 1. The number of ether oxygens (including phenoxy) is 2. The number of nitrogens with one attached hydrogen (secondary N) is 1. The summed E-state index contributed by atoms with van der Waals surface area (Å²) in [5.74, 6) is 1.32. The standard InChI is InChI=1S/C25H36N2O5S/c1-9-23(27(33(8,29)30)19-10-12-20(31-6)13-11-19)25(28)26-18(5)22-15-21(16(2)3)24(32-7)14-17(22)4/h10-16,18,23H,9H2,1-8H3,(H,26,28)/t18-,23+/m0/s1. The Balaban J connectivity index is 2.38. The zero-order chi connectivity index (χ0) is 24.9. The molecule has 2 aromatic carbocycles.